The molecule has 0 atom stereocenters. The molecule has 1 heterocycles. The van der Waals surface area contributed by atoms with Gasteiger partial charge in [-0.15, -0.1) is 0 Å². The van der Waals surface area contributed by atoms with Gasteiger partial charge in [0.1, 0.15) is 11.6 Å². The molecule has 0 amide bonds. The van der Waals surface area contributed by atoms with E-state index in [1.165, 1.54) is 4.68 Å². The smallest absolute Gasteiger partial charge is 0.267 e. The third kappa shape index (κ3) is 2.88. The predicted molar refractivity (Wildman–Crippen MR) is 96.9 cm³/mol. The van der Waals surface area contributed by atoms with E-state index in [1.807, 2.05) is 42.5 Å². The minimum Gasteiger partial charge on any atom is -0.267 e. The number of benzene rings is 3. The van der Waals surface area contributed by atoms with Gasteiger partial charge in [-0.3, -0.25) is 4.79 Å². The van der Waals surface area contributed by atoms with E-state index in [-0.39, 0.29) is 17.7 Å². The van der Waals surface area contributed by atoms with Gasteiger partial charge in [0.15, 0.2) is 0 Å². The molecular formula is C21H14F2N2O. The lowest BCUT2D eigenvalue weighted by atomic mass is 10.1. The first kappa shape index (κ1) is 16.1. The van der Waals surface area contributed by atoms with Crippen LogP contribution in [0.15, 0.2) is 77.6 Å². The van der Waals surface area contributed by atoms with Crippen LogP contribution in [0.4, 0.5) is 8.78 Å². The average molecular weight is 348 g/mol. The van der Waals surface area contributed by atoms with Crippen molar-refractivity contribution < 1.29 is 8.78 Å². The summed E-state index contributed by atoms with van der Waals surface area (Å²) in [6.45, 7) is -0.146. The minimum atomic E-state index is -0.575. The highest BCUT2D eigenvalue weighted by Gasteiger charge is 2.13. The average Bonchev–Trinajstić information content (AvgIpc) is 2.67. The third-order valence-corrected chi connectivity index (χ3v) is 4.24. The van der Waals surface area contributed by atoms with Crippen LogP contribution >= 0.6 is 0 Å². The van der Waals surface area contributed by atoms with Crippen molar-refractivity contribution in [1.29, 1.82) is 0 Å². The number of halogens is 2. The molecule has 3 nitrogen and oxygen atoms in total. The van der Waals surface area contributed by atoms with E-state index in [0.717, 1.165) is 29.1 Å². The lowest BCUT2D eigenvalue weighted by Crippen LogP contribution is -2.25. The first-order valence-electron chi connectivity index (χ1n) is 8.13. The molecule has 0 aliphatic rings. The van der Waals surface area contributed by atoms with E-state index >= 15 is 0 Å². The topological polar surface area (TPSA) is 34.9 Å². The molecule has 0 bridgehead atoms. The fourth-order valence-electron chi connectivity index (χ4n) is 2.98. The summed E-state index contributed by atoms with van der Waals surface area (Å²) in [4.78, 5) is 12.8. The molecule has 0 unspecified atom stereocenters. The Balaban J connectivity index is 1.94. The molecule has 0 radical (unpaired) electrons. The van der Waals surface area contributed by atoms with Crippen LogP contribution in [0.3, 0.4) is 0 Å². The summed E-state index contributed by atoms with van der Waals surface area (Å²) in [7, 11) is 0. The lowest BCUT2D eigenvalue weighted by molar-refractivity contribution is 0.559. The maximum atomic E-state index is 14.0. The Morgan fingerprint density at radius 2 is 1.54 bits per heavy atom. The second kappa shape index (κ2) is 6.52. The van der Waals surface area contributed by atoms with Crippen molar-refractivity contribution in [2.75, 3.05) is 0 Å². The summed E-state index contributed by atoms with van der Waals surface area (Å²) in [6, 6.07) is 19.8. The Kier molecular flexibility index (Phi) is 4.05. The van der Waals surface area contributed by atoms with Gasteiger partial charge in [-0.05, 0) is 24.3 Å². The second-order valence-electron chi connectivity index (χ2n) is 5.96. The second-order valence-corrected chi connectivity index (χ2v) is 5.96. The van der Waals surface area contributed by atoms with Crippen LogP contribution < -0.4 is 5.56 Å². The van der Waals surface area contributed by atoms with Crippen molar-refractivity contribution in [3.63, 3.8) is 0 Å². The highest BCUT2D eigenvalue weighted by molar-refractivity contribution is 5.93. The first-order valence-corrected chi connectivity index (χ1v) is 8.13. The zero-order chi connectivity index (χ0) is 18.1. The molecule has 4 rings (SSSR count). The van der Waals surface area contributed by atoms with Gasteiger partial charge in [0.2, 0.25) is 0 Å². The summed E-state index contributed by atoms with van der Waals surface area (Å²) in [5.74, 6) is -1.13. The molecule has 4 aromatic rings. The molecular weight excluding hydrogens is 334 g/mol. The molecule has 26 heavy (non-hydrogen) atoms. The fourth-order valence-corrected chi connectivity index (χ4v) is 2.98. The Morgan fingerprint density at radius 3 is 2.31 bits per heavy atom. The van der Waals surface area contributed by atoms with Crippen LogP contribution in [0.25, 0.3) is 22.0 Å². The molecule has 0 spiro atoms. The SMILES string of the molecule is O=c1c2ccccc2c(-c2ccccc2)nn1Cc1cc(F)ccc1F. The largest absolute Gasteiger partial charge is 0.274 e. The highest BCUT2D eigenvalue weighted by Crippen LogP contribution is 2.24. The maximum absolute atomic E-state index is 14.0. The summed E-state index contributed by atoms with van der Waals surface area (Å²) < 4.78 is 28.7. The van der Waals surface area contributed by atoms with Crippen molar-refractivity contribution >= 4 is 10.8 Å². The normalized spacial score (nSPS) is 11.0. The third-order valence-electron chi connectivity index (χ3n) is 4.24. The molecule has 0 N–H and O–H groups in total. The molecule has 0 saturated heterocycles. The molecule has 0 saturated carbocycles. The summed E-state index contributed by atoms with van der Waals surface area (Å²) in [5.41, 5.74) is 1.20. The number of fused-ring (bicyclic) bond motifs is 1. The van der Waals surface area contributed by atoms with Crippen molar-refractivity contribution in [3.8, 4) is 11.3 Å². The van der Waals surface area contributed by atoms with Gasteiger partial charge in [0.25, 0.3) is 5.56 Å². The number of hydrogen-bond donors (Lipinski definition) is 0. The fraction of sp³-hybridized carbons (Fsp3) is 0.0476. The van der Waals surface area contributed by atoms with E-state index in [0.29, 0.717) is 11.1 Å². The lowest BCUT2D eigenvalue weighted by Gasteiger charge is -2.12. The number of hydrogen-bond acceptors (Lipinski definition) is 2. The Hall–Kier alpha value is -3.34. The number of nitrogens with zero attached hydrogens (tertiary/aromatic N) is 2. The molecule has 0 fully saturated rings. The van der Waals surface area contributed by atoms with Gasteiger partial charge in [0, 0.05) is 16.5 Å². The van der Waals surface area contributed by atoms with Gasteiger partial charge in [-0.2, -0.15) is 5.10 Å². The van der Waals surface area contributed by atoms with Crippen LogP contribution in [0, 0.1) is 11.6 Å². The molecule has 3 aromatic carbocycles. The maximum Gasteiger partial charge on any atom is 0.274 e. The zero-order valence-electron chi connectivity index (χ0n) is 13.7. The van der Waals surface area contributed by atoms with Crippen molar-refractivity contribution in [2.45, 2.75) is 6.54 Å². The van der Waals surface area contributed by atoms with Crippen LogP contribution in [0.5, 0.6) is 0 Å². The molecule has 0 aliphatic carbocycles. The summed E-state index contributed by atoms with van der Waals surface area (Å²) in [5, 5.41) is 5.66. The van der Waals surface area contributed by atoms with Gasteiger partial charge >= 0.3 is 0 Å². The van der Waals surface area contributed by atoms with Gasteiger partial charge in [-0.1, -0.05) is 48.5 Å². The predicted octanol–water partition coefficient (Wildman–Crippen LogP) is 4.39. The van der Waals surface area contributed by atoms with Gasteiger partial charge < -0.3 is 0 Å². The summed E-state index contributed by atoms with van der Waals surface area (Å²) >= 11 is 0. The minimum absolute atomic E-state index is 0.0777. The monoisotopic (exact) mass is 348 g/mol. The number of rotatable bonds is 3. The zero-order valence-corrected chi connectivity index (χ0v) is 13.7. The van der Waals surface area contributed by atoms with Crippen LogP contribution in [-0.2, 0) is 6.54 Å². The first-order chi connectivity index (χ1) is 12.6. The van der Waals surface area contributed by atoms with E-state index in [1.54, 1.807) is 12.1 Å². The highest BCUT2D eigenvalue weighted by atomic mass is 19.1. The Bertz CT molecular complexity index is 1150. The van der Waals surface area contributed by atoms with E-state index in [4.69, 9.17) is 0 Å². The van der Waals surface area contributed by atoms with E-state index < -0.39 is 11.6 Å². The van der Waals surface area contributed by atoms with Crippen molar-refractivity contribution in [3.05, 3.63) is 100 Å². The molecule has 5 heteroatoms. The van der Waals surface area contributed by atoms with E-state index in [2.05, 4.69) is 5.10 Å². The summed E-state index contributed by atoms with van der Waals surface area (Å²) in [6.07, 6.45) is 0. The number of aromatic nitrogens is 2. The Morgan fingerprint density at radius 1 is 0.846 bits per heavy atom. The van der Waals surface area contributed by atoms with Crippen LogP contribution in [-0.4, -0.2) is 9.78 Å². The molecule has 0 aliphatic heterocycles. The molecule has 1 aromatic heterocycles. The van der Waals surface area contributed by atoms with Crippen molar-refractivity contribution in [1.82, 2.24) is 9.78 Å². The van der Waals surface area contributed by atoms with Gasteiger partial charge in [-0.25, -0.2) is 13.5 Å². The van der Waals surface area contributed by atoms with Gasteiger partial charge in [0.05, 0.1) is 17.6 Å². The molecule has 128 valence electrons. The quantitative estimate of drug-likeness (QED) is 0.550. The Labute approximate surface area is 148 Å². The van der Waals surface area contributed by atoms with Crippen LogP contribution in [0.1, 0.15) is 5.56 Å². The van der Waals surface area contributed by atoms with E-state index in [9.17, 15) is 13.6 Å². The van der Waals surface area contributed by atoms with Crippen LogP contribution in [0.2, 0.25) is 0 Å². The standard InChI is InChI=1S/C21H14F2N2O/c22-16-10-11-19(23)15(12-16)13-25-21(26)18-9-5-4-8-17(18)20(24-25)14-6-2-1-3-7-14/h1-12H,13H2. The van der Waals surface area contributed by atoms with Crippen molar-refractivity contribution in [2.24, 2.45) is 0 Å².